The first-order valence-corrected chi connectivity index (χ1v) is 7.05. The molecule has 0 spiro atoms. The number of methoxy groups -OCH3 is 1. The van der Waals surface area contributed by atoms with E-state index in [1.807, 2.05) is 31.2 Å². The van der Waals surface area contributed by atoms with Gasteiger partial charge in [-0.05, 0) is 24.6 Å². The molecule has 1 aromatic rings. The number of hydrogen-bond donors (Lipinski definition) is 2. The number of rotatable bonds is 5. The van der Waals surface area contributed by atoms with Gasteiger partial charge in [0.05, 0.1) is 19.7 Å². The van der Waals surface area contributed by atoms with Gasteiger partial charge in [0.1, 0.15) is 5.75 Å². The van der Waals surface area contributed by atoms with Crippen molar-refractivity contribution in [2.75, 3.05) is 39.8 Å². The predicted octanol–water partition coefficient (Wildman–Crippen LogP) is 0.778. The van der Waals surface area contributed by atoms with Gasteiger partial charge in [-0.15, -0.1) is 0 Å². The standard InChI is InChI=1S/C15H23N3O2/c1-12(13-3-5-14(20-2)6-4-13)17-15(19)11-18-9-7-16-8-10-18/h3-6,12,16H,7-11H2,1-2H3,(H,17,19). The number of benzene rings is 1. The van der Waals surface area contributed by atoms with E-state index in [-0.39, 0.29) is 11.9 Å². The van der Waals surface area contributed by atoms with Crippen LogP contribution in [0.2, 0.25) is 0 Å². The molecule has 0 radical (unpaired) electrons. The Morgan fingerprint density at radius 3 is 2.60 bits per heavy atom. The van der Waals surface area contributed by atoms with Crippen LogP contribution in [-0.4, -0.2) is 50.6 Å². The number of piperazine rings is 1. The molecule has 1 amide bonds. The first kappa shape index (κ1) is 14.8. The topological polar surface area (TPSA) is 53.6 Å². The van der Waals surface area contributed by atoms with E-state index in [9.17, 15) is 4.79 Å². The molecule has 5 heteroatoms. The molecule has 1 saturated heterocycles. The van der Waals surface area contributed by atoms with Crippen LogP contribution < -0.4 is 15.4 Å². The van der Waals surface area contributed by atoms with Gasteiger partial charge in [-0.25, -0.2) is 0 Å². The highest BCUT2D eigenvalue weighted by molar-refractivity contribution is 5.78. The monoisotopic (exact) mass is 277 g/mol. The van der Waals surface area contributed by atoms with Gasteiger partial charge in [0.2, 0.25) is 5.91 Å². The summed E-state index contributed by atoms with van der Waals surface area (Å²) in [6.07, 6.45) is 0. The third-order valence-corrected chi connectivity index (χ3v) is 3.57. The molecule has 0 saturated carbocycles. The zero-order valence-electron chi connectivity index (χ0n) is 12.2. The molecular formula is C15H23N3O2. The van der Waals surface area contributed by atoms with Gasteiger partial charge in [0.15, 0.2) is 0 Å². The second kappa shape index (κ2) is 7.26. The van der Waals surface area contributed by atoms with Gasteiger partial charge in [-0.1, -0.05) is 12.1 Å². The maximum absolute atomic E-state index is 12.0. The van der Waals surface area contributed by atoms with Crippen LogP contribution in [-0.2, 0) is 4.79 Å². The summed E-state index contributed by atoms with van der Waals surface area (Å²) in [5.41, 5.74) is 1.08. The minimum atomic E-state index is 0.0105. The van der Waals surface area contributed by atoms with Crippen LogP contribution in [0.15, 0.2) is 24.3 Å². The second-order valence-corrected chi connectivity index (χ2v) is 5.09. The predicted molar refractivity (Wildman–Crippen MR) is 78.9 cm³/mol. The van der Waals surface area contributed by atoms with E-state index >= 15 is 0 Å². The van der Waals surface area contributed by atoms with Crippen LogP contribution in [0.5, 0.6) is 5.75 Å². The Kier molecular flexibility index (Phi) is 5.38. The number of amides is 1. The van der Waals surface area contributed by atoms with Gasteiger partial charge in [-0.3, -0.25) is 9.69 Å². The van der Waals surface area contributed by atoms with Gasteiger partial charge in [0, 0.05) is 26.2 Å². The Labute approximate surface area is 120 Å². The molecule has 1 atom stereocenters. The molecule has 2 N–H and O–H groups in total. The first-order chi connectivity index (χ1) is 9.69. The summed E-state index contributed by atoms with van der Waals surface area (Å²) in [6.45, 7) is 6.26. The van der Waals surface area contributed by atoms with E-state index in [0.717, 1.165) is 37.5 Å². The average Bonchev–Trinajstić information content (AvgIpc) is 2.48. The van der Waals surface area contributed by atoms with Gasteiger partial charge < -0.3 is 15.4 Å². The quantitative estimate of drug-likeness (QED) is 0.835. The van der Waals surface area contributed by atoms with Crippen LogP contribution in [0.4, 0.5) is 0 Å². The van der Waals surface area contributed by atoms with Crippen LogP contribution in [0.3, 0.4) is 0 Å². The number of carbonyl (C=O) groups is 1. The number of hydrogen-bond acceptors (Lipinski definition) is 4. The van der Waals surface area contributed by atoms with Crippen molar-refractivity contribution < 1.29 is 9.53 Å². The Bertz CT molecular complexity index is 427. The SMILES string of the molecule is COc1ccc(C(C)NC(=O)CN2CCNCC2)cc1. The normalized spacial score (nSPS) is 17.5. The summed E-state index contributed by atoms with van der Waals surface area (Å²) in [4.78, 5) is 14.2. The minimum Gasteiger partial charge on any atom is -0.497 e. The van der Waals surface area contributed by atoms with Crippen LogP contribution >= 0.6 is 0 Å². The second-order valence-electron chi connectivity index (χ2n) is 5.09. The molecule has 1 fully saturated rings. The lowest BCUT2D eigenvalue weighted by Gasteiger charge is -2.27. The first-order valence-electron chi connectivity index (χ1n) is 7.05. The molecule has 20 heavy (non-hydrogen) atoms. The molecule has 0 aliphatic carbocycles. The molecular weight excluding hydrogens is 254 g/mol. The average molecular weight is 277 g/mol. The fourth-order valence-corrected chi connectivity index (χ4v) is 2.34. The van der Waals surface area contributed by atoms with E-state index in [1.165, 1.54) is 0 Å². The van der Waals surface area contributed by atoms with Crippen molar-refractivity contribution in [2.24, 2.45) is 0 Å². The summed E-state index contributed by atoms with van der Waals surface area (Å²) >= 11 is 0. The number of ether oxygens (including phenoxy) is 1. The summed E-state index contributed by atoms with van der Waals surface area (Å²) < 4.78 is 5.13. The molecule has 110 valence electrons. The summed E-state index contributed by atoms with van der Waals surface area (Å²) in [5, 5.41) is 6.32. The van der Waals surface area contributed by atoms with Crippen molar-refractivity contribution in [3.05, 3.63) is 29.8 Å². The molecule has 0 bridgehead atoms. The maximum atomic E-state index is 12.0. The molecule has 1 unspecified atom stereocenters. The molecule has 1 aliphatic heterocycles. The Balaban J connectivity index is 1.82. The highest BCUT2D eigenvalue weighted by Gasteiger charge is 2.15. The minimum absolute atomic E-state index is 0.0105. The zero-order valence-corrected chi connectivity index (χ0v) is 12.2. The highest BCUT2D eigenvalue weighted by Crippen LogP contribution is 2.17. The number of carbonyl (C=O) groups excluding carboxylic acids is 1. The zero-order chi connectivity index (χ0) is 14.4. The maximum Gasteiger partial charge on any atom is 0.234 e. The van der Waals surface area contributed by atoms with Crippen molar-refractivity contribution >= 4 is 5.91 Å². The fourth-order valence-electron chi connectivity index (χ4n) is 2.34. The van der Waals surface area contributed by atoms with Crippen molar-refractivity contribution in [1.82, 2.24) is 15.5 Å². The lowest BCUT2D eigenvalue weighted by Crippen LogP contribution is -2.47. The van der Waals surface area contributed by atoms with Crippen molar-refractivity contribution in [2.45, 2.75) is 13.0 Å². The molecule has 5 nitrogen and oxygen atoms in total. The van der Waals surface area contributed by atoms with E-state index in [1.54, 1.807) is 7.11 Å². The van der Waals surface area contributed by atoms with Crippen molar-refractivity contribution in [3.63, 3.8) is 0 Å². The number of nitrogens with one attached hydrogen (secondary N) is 2. The smallest absolute Gasteiger partial charge is 0.234 e. The van der Waals surface area contributed by atoms with Gasteiger partial charge in [0.25, 0.3) is 0 Å². The molecule has 1 aliphatic rings. The van der Waals surface area contributed by atoms with Crippen molar-refractivity contribution in [1.29, 1.82) is 0 Å². The highest BCUT2D eigenvalue weighted by atomic mass is 16.5. The Morgan fingerprint density at radius 1 is 1.35 bits per heavy atom. The van der Waals surface area contributed by atoms with Gasteiger partial charge in [-0.2, -0.15) is 0 Å². The summed E-state index contributed by atoms with van der Waals surface area (Å²) in [6, 6.07) is 7.79. The van der Waals surface area contributed by atoms with E-state index in [2.05, 4.69) is 15.5 Å². The lowest BCUT2D eigenvalue weighted by molar-refractivity contribution is -0.123. The van der Waals surface area contributed by atoms with E-state index in [4.69, 9.17) is 4.74 Å². The van der Waals surface area contributed by atoms with Gasteiger partial charge >= 0.3 is 0 Å². The largest absolute Gasteiger partial charge is 0.497 e. The summed E-state index contributed by atoms with van der Waals surface area (Å²) in [7, 11) is 1.65. The molecule has 1 aromatic carbocycles. The lowest BCUT2D eigenvalue weighted by atomic mass is 10.1. The fraction of sp³-hybridized carbons (Fsp3) is 0.533. The third-order valence-electron chi connectivity index (χ3n) is 3.57. The van der Waals surface area contributed by atoms with Crippen LogP contribution in [0.1, 0.15) is 18.5 Å². The Morgan fingerprint density at radius 2 is 2.00 bits per heavy atom. The van der Waals surface area contributed by atoms with Crippen LogP contribution in [0, 0.1) is 0 Å². The number of nitrogens with zero attached hydrogens (tertiary/aromatic N) is 1. The van der Waals surface area contributed by atoms with E-state index in [0.29, 0.717) is 6.54 Å². The van der Waals surface area contributed by atoms with Crippen LogP contribution in [0.25, 0.3) is 0 Å². The Hall–Kier alpha value is -1.59. The molecule has 2 rings (SSSR count). The van der Waals surface area contributed by atoms with Crippen molar-refractivity contribution in [3.8, 4) is 5.75 Å². The molecule has 1 heterocycles. The summed E-state index contributed by atoms with van der Waals surface area (Å²) in [5.74, 6) is 0.906. The van der Waals surface area contributed by atoms with E-state index < -0.39 is 0 Å². The molecule has 0 aromatic heterocycles. The third kappa shape index (κ3) is 4.21.